The number of hydrogen-bond acceptors (Lipinski definition) is 0. The fraction of sp³-hybridized carbons (Fsp3) is 0.400. The van der Waals surface area contributed by atoms with Gasteiger partial charge in [-0.25, -0.2) is 0 Å². The van der Waals surface area contributed by atoms with Gasteiger partial charge in [0.15, 0.2) is 0 Å². The molecular weight excluding hydrogens is 240 g/mol. The molecule has 0 bridgehead atoms. The van der Waals surface area contributed by atoms with E-state index in [1.54, 1.807) is 0 Å². The van der Waals surface area contributed by atoms with E-state index in [1.165, 1.54) is 79.2 Å². The Morgan fingerprint density at radius 3 is 1.75 bits per heavy atom. The summed E-state index contributed by atoms with van der Waals surface area (Å²) in [6.45, 7) is 4.09. The Balaban J connectivity index is 2.05. The molecular formula is C20H24. The van der Waals surface area contributed by atoms with Crippen LogP contribution in [-0.2, 0) is 0 Å². The van der Waals surface area contributed by atoms with E-state index >= 15 is 0 Å². The van der Waals surface area contributed by atoms with E-state index in [0.717, 1.165) is 0 Å². The lowest BCUT2D eigenvalue weighted by atomic mass is 9.84. The standard InChI is InChI=1S/C20H24/c1-2-18-19(16-10-5-3-6-11-16)14-9-15-20(18)17-12-7-4-8-13-17/h2,9-10,12,14-15H,1,3-8,11,13H2. The van der Waals surface area contributed by atoms with Gasteiger partial charge in [-0.2, -0.15) is 0 Å². The van der Waals surface area contributed by atoms with Gasteiger partial charge in [0, 0.05) is 0 Å². The van der Waals surface area contributed by atoms with Crippen LogP contribution >= 0.6 is 0 Å². The lowest BCUT2D eigenvalue weighted by Gasteiger charge is -2.20. The van der Waals surface area contributed by atoms with Crippen molar-refractivity contribution in [3.63, 3.8) is 0 Å². The first-order valence-corrected chi connectivity index (χ1v) is 8.04. The van der Waals surface area contributed by atoms with E-state index in [9.17, 15) is 0 Å². The molecule has 1 aromatic carbocycles. The molecule has 0 radical (unpaired) electrons. The van der Waals surface area contributed by atoms with E-state index in [2.05, 4.69) is 43.0 Å². The first-order chi connectivity index (χ1) is 9.90. The van der Waals surface area contributed by atoms with Crippen LogP contribution < -0.4 is 0 Å². The van der Waals surface area contributed by atoms with Gasteiger partial charge >= 0.3 is 0 Å². The summed E-state index contributed by atoms with van der Waals surface area (Å²) in [6.07, 6.45) is 17.2. The zero-order valence-electron chi connectivity index (χ0n) is 12.3. The van der Waals surface area contributed by atoms with Gasteiger partial charge in [-0.15, -0.1) is 0 Å². The normalized spacial score (nSPS) is 19.2. The summed E-state index contributed by atoms with van der Waals surface area (Å²) in [5.41, 5.74) is 7.26. The van der Waals surface area contributed by atoms with Crippen LogP contribution in [0.1, 0.15) is 68.1 Å². The predicted octanol–water partition coefficient (Wildman–Crippen LogP) is 6.24. The number of benzene rings is 1. The van der Waals surface area contributed by atoms with E-state index in [4.69, 9.17) is 0 Å². The van der Waals surface area contributed by atoms with Gasteiger partial charge in [0.2, 0.25) is 0 Å². The molecule has 0 aliphatic heterocycles. The molecule has 0 N–H and O–H groups in total. The summed E-state index contributed by atoms with van der Waals surface area (Å²) in [5, 5.41) is 0. The Hall–Kier alpha value is -1.56. The molecule has 0 aromatic heterocycles. The zero-order chi connectivity index (χ0) is 13.8. The molecule has 2 aliphatic carbocycles. The van der Waals surface area contributed by atoms with Crippen LogP contribution in [0.5, 0.6) is 0 Å². The number of hydrogen-bond donors (Lipinski definition) is 0. The van der Waals surface area contributed by atoms with Gasteiger partial charge in [0.1, 0.15) is 0 Å². The molecule has 0 unspecified atom stereocenters. The van der Waals surface area contributed by atoms with E-state index < -0.39 is 0 Å². The van der Waals surface area contributed by atoms with Crippen LogP contribution in [0.2, 0.25) is 0 Å². The molecule has 0 nitrogen and oxygen atoms in total. The third kappa shape index (κ3) is 2.65. The molecule has 0 heteroatoms. The molecule has 0 amide bonds. The Labute approximate surface area is 122 Å². The second-order valence-corrected chi connectivity index (χ2v) is 5.92. The van der Waals surface area contributed by atoms with Crippen molar-refractivity contribution in [3.8, 4) is 0 Å². The molecule has 0 heterocycles. The topological polar surface area (TPSA) is 0 Å². The summed E-state index contributed by atoms with van der Waals surface area (Å²) < 4.78 is 0. The fourth-order valence-corrected chi connectivity index (χ4v) is 3.51. The third-order valence-electron chi connectivity index (χ3n) is 4.58. The lowest BCUT2D eigenvalue weighted by Crippen LogP contribution is -2.00. The lowest BCUT2D eigenvalue weighted by molar-refractivity contribution is 0.740. The van der Waals surface area contributed by atoms with Crippen molar-refractivity contribution in [2.45, 2.75) is 51.4 Å². The van der Waals surface area contributed by atoms with Gasteiger partial charge < -0.3 is 0 Å². The molecule has 3 rings (SSSR count). The van der Waals surface area contributed by atoms with E-state index in [-0.39, 0.29) is 0 Å². The monoisotopic (exact) mass is 264 g/mol. The first-order valence-electron chi connectivity index (χ1n) is 8.04. The Morgan fingerprint density at radius 1 is 0.800 bits per heavy atom. The number of rotatable bonds is 3. The van der Waals surface area contributed by atoms with E-state index in [1.807, 2.05) is 0 Å². The van der Waals surface area contributed by atoms with Crippen molar-refractivity contribution in [3.05, 3.63) is 53.6 Å². The minimum absolute atomic E-state index is 1.23. The maximum atomic E-state index is 4.09. The fourth-order valence-electron chi connectivity index (χ4n) is 3.51. The highest BCUT2D eigenvalue weighted by molar-refractivity contribution is 5.83. The molecule has 1 aromatic rings. The Kier molecular flexibility index (Phi) is 4.20. The highest BCUT2D eigenvalue weighted by atomic mass is 14.2. The molecule has 0 fully saturated rings. The van der Waals surface area contributed by atoms with Crippen LogP contribution in [0.15, 0.2) is 36.9 Å². The quantitative estimate of drug-likeness (QED) is 0.605. The summed E-state index contributed by atoms with van der Waals surface area (Å²) >= 11 is 0. The van der Waals surface area contributed by atoms with Crippen molar-refractivity contribution < 1.29 is 0 Å². The van der Waals surface area contributed by atoms with Crippen LogP contribution in [0, 0.1) is 0 Å². The molecule has 2 aliphatic rings. The summed E-state index contributed by atoms with van der Waals surface area (Å²) in [4.78, 5) is 0. The Morgan fingerprint density at radius 2 is 1.35 bits per heavy atom. The largest absolute Gasteiger partial charge is 0.0984 e. The van der Waals surface area contributed by atoms with Crippen molar-refractivity contribution in [2.75, 3.05) is 0 Å². The molecule has 0 atom stereocenters. The van der Waals surface area contributed by atoms with Crippen LogP contribution in [0.25, 0.3) is 17.2 Å². The van der Waals surface area contributed by atoms with Crippen molar-refractivity contribution in [1.82, 2.24) is 0 Å². The summed E-state index contributed by atoms with van der Waals surface area (Å²) in [7, 11) is 0. The maximum absolute atomic E-state index is 4.09. The summed E-state index contributed by atoms with van der Waals surface area (Å²) in [5.74, 6) is 0. The maximum Gasteiger partial charge on any atom is -0.0112 e. The van der Waals surface area contributed by atoms with Crippen molar-refractivity contribution in [1.29, 1.82) is 0 Å². The number of allylic oxidation sites excluding steroid dienone is 4. The second kappa shape index (κ2) is 6.26. The first kappa shape index (κ1) is 13.4. The average Bonchev–Trinajstić information content (AvgIpc) is 2.55. The highest BCUT2D eigenvalue weighted by Gasteiger charge is 2.15. The van der Waals surface area contributed by atoms with Gasteiger partial charge in [-0.05, 0) is 79.2 Å². The van der Waals surface area contributed by atoms with Gasteiger partial charge in [0.25, 0.3) is 0 Å². The minimum atomic E-state index is 1.23. The van der Waals surface area contributed by atoms with Crippen LogP contribution in [0.4, 0.5) is 0 Å². The third-order valence-corrected chi connectivity index (χ3v) is 4.58. The molecule has 0 saturated heterocycles. The Bertz CT molecular complexity index is 513. The predicted molar refractivity (Wildman–Crippen MR) is 89.4 cm³/mol. The minimum Gasteiger partial charge on any atom is -0.0984 e. The SMILES string of the molecule is C=Cc1c(C2=CCCCC2)cccc1C1=CCCCC1. The van der Waals surface area contributed by atoms with Crippen molar-refractivity contribution >= 4 is 17.2 Å². The highest BCUT2D eigenvalue weighted by Crippen LogP contribution is 2.35. The molecule has 20 heavy (non-hydrogen) atoms. The molecule has 0 saturated carbocycles. The van der Waals surface area contributed by atoms with Crippen LogP contribution in [-0.4, -0.2) is 0 Å². The van der Waals surface area contributed by atoms with E-state index in [0.29, 0.717) is 0 Å². The summed E-state index contributed by atoms with van der Waals surface area (Å²) in [6, 6.07) is 6.78. The molecule has 0 spiro atoms. The van der Waals surface area contributed by atoms with Gasteiger partial charge in [-0.1, -0.05) is 43.0 Å². The van der Waals surface area contributed by atoms with Crippen molar-refractivity contribution in [2.24, 2.45) is 0 Å². The van der Waals surface area contributed by atoms with Crippen LogP contribution in [0.3, 0.4) is 0 Å². The smallest absolute Gasteiger partial charge is 0.0112 e. The van der Waals surface area contributed by atoms with Gasteiger partial charge in [0.05, 0.1) is 0 Å². The molecule has 104 valence electrons. The zero-order valence-corrected chi connectivity index (χ0v) is 12.3. The average molecular weight is 264 g/mol. The second-order valence-electron chi connectivity index (χ2n) is 5.92. The van der Waals surface area contributed by atoms with Gasteiger partial charge in [-0.3, -0.25) is 0 Å².